The zero-order valence-corrected chi connectivity index (χ0v) is 16.6. The minimum atomic E-state index is 0.00626. The van der Waals surface area contributed by atoms with Gasteiger partial charge in [-0.15, -0.1) is 11.8 Å². The number of carbonyl (C=O) groups is 1. The Balaban J connectivity index is 1.43. The lowest BCUT2D eigenvalue weighted by Gasteiger charge is -2.09. The smallest absolute Gasteiger partial charge is 0.230 e. The topological polar surface area (TPSA) is 47.6 Å². The van der Waals surface area contributed by atoms with Crippen LogP contribution in [-0.4, -0.2) is 18.8 Å². The minimum Gasteiger partial charge on any atom is -0.497 e. The van der Waals surface area contributed by atoms with E-state index in [1.165, 1.54) is 11.8 Å². The number of benzene rings is 3. The van der Waals surface area contributed by atoms with Crippen molar-refractivity contribution < 1.29 is 14.3 Å². The molecule has 0 radical (unpaired) electrons. The quantitative estimate of drug-likeness (QED) is 0.536. The molecular formula is C23H23NO3S. The van der Waals surface area contributed by atoms with Crippen LogP contribution < -0.4 is 14.8 Å². The molecule has 0 saturated heterocycles. The van der Waals surface area contributed by atoms with Crippen molar-refractivity contribution in [2.75, 3.05) is 12.9 Å². The summed E-state index contributed by atoms with van der Waals surface area (Å²) in [4.78, 5) is 13.2. The standard InChI is InChI=1S/C23H23NO3S/c1-26-20-10-12-22(13-11-20)28-17-23(25)24-15-18-6-5-7-19(14-18)16-27-21-8-3-2-4-9-21/h2-14H,15-17H2,1H3,(H,24,25). The van der Waals surface area contributed by atoms with Gasteiger partial charge in [-0.05, 0) is 47.5 Å². The average molecular weight is 394 g/mol. The molecule has 0 atom stereocenters. The van der Waals surface area contributed by atoms with E-state index in [0.29, 0.717) is 18.9 Å². The Hall–Kier alpha value is -2.92. The lowest BCUT2D eigenvalue weighted by Crippen LogP contribution is -2.24. The molecule has 0 spiro atoms. The number of methoxy groups -OCH3 is 1. The molecule has 0 fully saturated rings. The van der Waals surface area contributed by atoms with Crippen molar-refractivity contribution >= 4 is 17.7 Å². The van der Waals surface area contributed by atoms with Gasteiger partial charge in [-0.2, -0.15) is 0 Å². The van der Waals surface area contributed by atoms with E-state index in [0.717, 1.165) is 27.5 Å². The Morgan fingerprint density at radius 1 is 0.893 bits per heavy atom. The van der Waals surface area contributed by atoms with Gasteiger partial charge in [-0.25, -0.2) is 0 Å². The largest absolute Gasteiger partial charge is 0.497 e. The third-order valence-electron chi connectivity index (χ3n) is 4.06. The molecule has 0 aliphatic heterocycles. The fourth-order valence-electron chi connectivity index (χ4n) is 2.59. The molecular weight excluding hydrogens is 370 g/mol. The van der Waals surface area contributed by atoms with Crippen LogP contribution in [0.5, 0.6) is 11.5 Å². The summed E-state index contributed by atoms with van der Waals surface area (Å²) in [7, 11) is 1.64. The summed E-state index contributed by atoms with van der Waals surface area (Å²) >= 11 is 1.50. The van der Waals surface area contributed by atoms with Crippen molar-refractivity contribution in [1.29, 1.82) is 0 Å². The molecule has 3 aromatic rings. The van der Waals surface area contributed by atoms with Gasteiger partial charge in [0.25, 0.3) is 0 Å². The molecule has 0 aliphatic rings. The molecule has 0 aliphatic carbocycles. The van der Waals surface area contributed by atoms with Crippen molar-refractivity contribution in [3.05, 3.63) is 90.0 Å². The minimum absolute atomic E-state index is 0.00626. The highest BCUT2D eigenvalue weighted by atomic mass is 32.2. The zero-order valence-electron chi connectivity index (χ0n) is 15.8. The van der Waals surface area contributed by atoms with E-state index in [1.807, 2.05) is 72.8 Å². The monoisotopic (exact) mass is 393 g/mol. The highest BCUT2D eigenvalue weighted by molar-refractivity contribution is 8.00. The van der Waals surface area contributed by atoms with Crippen LogP contribution in [0.15, 0.2) is 83.8 Å². The molecule has 0 saturated carbocycles. The summed E-state index contributed by atoms with van der Waals surface area (Å²) in [5.41, 5.74) is 2.13. The summed E-state index contributed by atoms with van der Waals surface area (Å²) in [5, 5.41) is 2.97. The predicted octanol–water partition coefficient (Wildman–Crippen LogP) is 4.68. The van der Waals surface area contributed by atoms with E-state index >= 15 is 0 Å². The van der Waals surface area contributed by atoms with Crippen molar-refractivity contribution in [1.82, 2.24) is 5.32 Å². The number of nitrogens with one attached hydrogen (secondary N) is 1. The van der Waals surface area contributed by atoms with Crippen molar-refractivity contribution in [3.63, 3.8) is 0 Å². The molecule has 1 amide bonds. The van der Waals surface area contributed by atoms with E-state index in [-0.39, 0.29) is 5.91 Å². The molecule has 0 bridgehead atoms. The lowest BCUT2D eigenvalue weighted by atomic mass is 10.1. The molecule has 0 unspecified atom stereocenters. The summed E-state index contributed by atoms with van der Waals surface area (Å²) in [6, 6.07) is 25.5. The van der Waals surface area contributed by atoms with Gasteiger partial charge in [-0.3, -0.25) is 4.79 Å². The molecule has 1 N–H and O–H groups in total. The van der Waals surface area contributed by atoms with Gasteiger partial charge in [0.05, 0.1) is 12.9 Å². The van der Waals surface area contributed by atoms with Gasteiger partial charge in [0.2, 0.25) is 5.91 Å². The van der Waals surface area contributed by atoms with Gasteiger partial charge in [0, 0.05) is 11.4 Å². The maximum atomic E-state index is 12.1. The lowest BCUT2D eigenvalue weighted by molar-refractivity contribution is -0.118. The molecule has 3 rings (SSSR count). The second-order valence-corrected chi connectivity index (χ2v) is 7.21. The second kappa shape index (κ2) is 10.4. The number of hydrogen-bond acceptors (Lipinski definition) is 4. The second-order valence-electron chi connectivity index (χ2n) is 6.16. The Morgan fingerprint density at radius 2 is 1.64 bits per heavy atom. The number of hydrogen-bond donors (Lipinski definition) is 1. The van der Waals surface area contributed by atoms with Gasteiger partial charge in [0.1, 0.15) is 18.1 Å². The zero-order chi connectivity index (χ0) is 19.6. The van der Waals surface area contributed by atoms with Crippen molar-refractivity contribution in [3.8, 4) is 11.5 Å². The summed E-state index contributed by atoms with van der Waals surface area (Å²) < 4.78 is 10.9. The van der Waals surface area contributed by atoms with Crippen molar-refractivity contribution in [2.24, 2.45) is 0 Å². The van der Waals surface area contributed by atoms with Gasteiger partial charge in [0.15, 0.2) is 0 Å². The highest BCUT2D eigenvalue weighted by Gasteiger charge is 2.04. The fourth-order valence-corrected chi connectivity index (χ4v) is 3.31. The number of rotatable bonds is 9. The highest BCUT2D eigenvalue weighted by Crippen LogP contribution is 2.21. The summed E-state index contributed by atoms with van der Waals surface area (Å²) in [6.45, 7) is 1.00. The molecule has 3 aromatic carbocycles. The number of carbonyl (C=O) groups excluding carboxylic acids is 1. The number of para-hydroxylation sites is 1. The van der Waals surface area contributed by atoms with E-state index < -0.39 is 0 Å². The first-order valence-corrected chi connectivity index (χ1v) is 10.0. The van der Waals surface area contributed by atoms with Crippen molar-refractivity contribution in [2.45, 2.75) is 18.0 Å². The van der Waals surface area contributed by atoms with Crippen LogP contribution in [0.2, 0.25) is 0 Å². The van der Waals surface area contributed by atoms with E-state index in [1.54, 1.807) is 7.11 Å². The first-order valence-electron chi connectivity index (χ1n) is 9.02. The molecule has 28 heavy (non-hydrogen) atoms. The van der Waals surface area contributed by atoms with E-state index in [2.05, 4.69) is 11.4 Å². The van der Waals surface area contributed by atoms with E-state index in [4.69, 9.17) is 9.47 Å². The van der Waals surface area contributed by atoms with Crippen LogP contribution in [0.4, 0.5) is 0 Å². The van der Waals surface area contributed by atoms with Gasteiger partial charge >= 0.3 is 0 Å². The Bertz CT molecular complexity index is 882. The summed E-state index contributed by atoms with van der Waals surface area (Å²) in [5.74, 6) is 2.04. The van der Waals surface area contributed by atoms with Crippen LogP contribution in [0, 0.1) is 0 Å². The molecule has 5 heteroatoms. The number of thioether (sulfide) groups is 1. The maximum absolute atomic E-state index is 12.1. The average Bonchev–Trinajstić information content (AvgIpc) is 2.76. The number of amides is 1. The number of ether oxygens (including phenoxy) is 2. The fraction of sp³-hybridized carbons (Fsp3) is 0.174. The van der Waals surface area contributed by atoms with Gasteiger partial charge in [-0.1, -0.05) is 42.5 Å². The van der Waals surface area contributed by atoms with Crippen LogP contribution in [-0.2, 0) is 17.9 Å². The normalized spacial score (nSPS) is 10.3. The molecule has 0 heterocycles. The third-order valence-corrected chi connectivity index (χ3v) is 5.07. The Kier molecular flexibility index (Phi) is 7.38. The predicted molar refractivity (Wildman–Crippen MR) is 113 cm³/mol. The van der Waals surface area contributed by atoms with Crippen LogP contribution >= 0.6 is 11.8 Å². The molecule has 144 valence electrons. The Morgan fingerprint density at radius 3 is 2.39 bits per heavy atom. The first kappa shape index (κ1) is 19.8. The Labute approximate surface area is 169 Å². The maximum Gasteiger partial charge on any atom is 0.230 e. The SMILES string of the molecule is COc1ccc(SCC(=O)NCc2cccc(COc3ccccc3)c2)cc1. The van der Waals surface area contributed by atoms with Crippen LogP contribution in [0.3, 0.4) is 0 Å². The molecule has 4 nitrogen and oxygen atoms in total. The molecule has 0 aromatic heterocycles. The van der Waals surface area contributed by atoms with E-state index in [9.17, 15) is 4.79 Å². The van der Waals surface area contributed by atoms with Crippen LogP contribution in [0.25, 0.3) is 0 Å². The van der Waals surface area contributed by atoms with Crippen LogP contribution in [0.1, 0.15) is 11.1 Å². The summed E-state index contributed by atoms with van der Waals surface area (Å²) in [6.07, 6.45) is 0. The third kappa shape index (κ3) is 6.35. The first-order chi connectivity index (χ1) is 13.7. The van der Waals surface area contributed by atoms with Gasteiger partial charge < -0.3 is 14.8 Å².